The van der Waals surface area contributed by atoms with Gasteiger partial charge in [0, 0.05) is 5.54 Å². The van der Waals surface area contributed by atoms with E-state index in [1.165, 1.54) is 12.8 Å². The van der Waals surface area contributed by atoms with Crippen LogP contribution in [-0.2, 0) is 0 Å². The Hall–Kier alpha value is -1.71. The van der Waals surface area contributed by atoms with E-state index in [1.807, 2.05) is 25.1 Å². The van der Waals surface area contributed by atoms with E-state index in [4.69, 9.17) is 4.74 Å². The third kappa shape index (κ3) is 3.40. The van der Waals surface area contributed by atoms with E-state index in [2.05, 4.69) is 24.5 Å². The molecule has 0 bridgehead atoms. The normalized spacial score (nSPS) is 14.9. The Morgan fingerprint density at radius 3 is 2.63 bits per heavy atom. The van der Waals surface area contributed by atoms with Crippen LogP contribution in [0.2, 0.25) is 0 Å². The van der Waals surface area contributed by atoms with Gasteiger partial charge in [0.05, 0.1) is 12.8 Å². The summed E-state index contributed by atoms with van der Waals surface area (Å²) in [6.45, 7) is 6.12. The molecule has 0 radical (unpaired) electrons. The molecule has 4 nitrogen and oxygen atoms in total. The van der Waals surface area contributed by atoms with Gasteiger partial charge in [0.15, 0.2) is 0 Å². The van der Waals surface area contributed by atoms with Crippen molar-refractivity contribution in [2.75, 3.05) is 12.4 Å². The van der Waals surface area contributed by atoms with Crippen molar-refractivity contribution in [3.8, 4) is 5.75 Å². The lowest BCUT2D eigenvalue weighted by Crippen LogP contribution is -2.47. The molecule has 0 saturated heterocycles. The highest BCUT2D eigenvalue weighted by Gasteiger charge is 2.38. The molecule has 104 valence electrons. The minimum atomic E-state index is -0.180. The lowest BCUT2D eigenvalue weighted by atomic mass is 9.99. The van der Waals surface area contributed by atoms with E-state index in [0.717, 1.165) is 5.56 Å². The van der Waals surface area contributed by atoms with Crippen LogP contribution in [0.4, 0.5) is 10.5 Å². The maximum atomic E-state index is 12.1. The number of carbonyl (C=O) groups excluding carboxylic acids is 1. The largest absolute Gasteiger partial charge is 0.495 e. The number of benzene rings is 1. The molecule has 2 amide bonds. The molecule has 1 aromatic rings. The summed E-state index contributed by atoms with van der Waals surface area (Å²) >= 11 is 0. The molecule has 0 atom stereocenters. The average molecular weight is 262 g/mol. The summed E-state index contributed by atoms with van der Waals surface area (Å²) in [6.07, 6.45) is 2.39. The standard InChI is InChI=1S/C15H22N2O2/c1-10-5-8-13(19-4)12(9-10)16-14(18)17-15(2,3)11-6-7-11/h5,8-9,11H,6-7H2,1-4H3,(H2,16,17,18). The van der Waals surface area contributed by atoms with Crippen LogP contribution in [0, 0.1) is 12.8 Å². The third-order valence-corrected chi connectivity index (χ3v) is 3.64. The predicted octanol–water partition coefficient (Wildman–Crippen LogP) is 3.31. The molecule has 1 aliphatic carbocycles. The van der Waals surface area contributed by atoms with Crippen LogP contribution < -0.4 is 15.4 Å². The maximum absolute atomic E-state index is 12.1. The molecule has 2 N–H and O–H groups in total. The van der Waals surface area contributed by atoms with Crippen LogP contribution in [-0.4, -0.2) is 18.7 Å². The number of aryl methyl sites for hydroxylation is 1. The molecule has 0 aromatic heterocycles. The van der Waals surface area contributed by atoms with Crippen LogP contribution in [0.25, 0.3) is 0 Å². The number of urea groups is 1. The van der Waals surface area contributed by atoms with Gasteiger partial charge in [0.2, 0.25) is 0 Å². The van der Waals surface area contributed by atoms with Crippen molar-refractivity contribution in [2.45, 2.75) is 39.2 Å². The van der Waals surface area contributed by atoms with Crippen molar-refractivity contribution in [3.63, 3.8) is 0 Å². The van der Waals surface area contributed by atoms with Crippen molar-refractivity contribution >= 4 is 11.7 Å². The quantitative estimate of drug-likeness (QED) is 0.874. The van der Waals surface area contributed by atoms with Gasteiger partial charge < -0.3 is 15.4 Å². The summed E-state index contributed by atoms with van der Waals surface area (Å²) in [6, 6.07) is 5.54. The van der Waals surface area contributed by atoms with Crippen molar-refractivity contribution in [2.24, 2.45) is 5.92 Å². The lowest BCUT2D eigenvalue weighted by molar-refractivity contribution is 0.237. The monoisotopic (exact) mass is 262 g/mol. The third-order valence-electron chi connectivity index (χ3n) is 3.64. The first-order chi connectivity index (χ1) is 8.92. The lowest BCUT2D eigenvalue weighted by Gasteiger charge is -2.26. The molecule has 2 rings (SSSR count). The predicted molar refractivity (Wildman–Crippen MR) is 76.7 cm³/mol. The van der Waals surface area contributed by atoms with Gasteiger partial charge >= 0.3 is 6.03 Å². The second kappa shape index (κ2) is 5.11. The van der Waals surface area contributed by atoms with Crippen molar-refractivity contribution in [1.29, 1.82) is 0 Å². The first-order valence-corrected chi connectivity index (χ1v) is 6.66. The Balaban J connectivity index is 2.04. The number of hydrogen-bond acceptors (Lipinski definition) is 2. The van der Waals surface area contributed by atoms with E-state index >= 15 is 0 Å². The fourth-order valence-corrected chi connectivity index (χ4v) is 2.27. The molecule has 1 fully saturated rings. The van der Waals surface area contributed by atoms with Crippen molar-refractivity contribution in [1.82, 2.24) is 5.32 Å². The molecule has 1 saturated carbocycles. The zero-order valence-electron chi connectivity index (χ0n) is 12.0. The van der Waals surface area contributed by atoms with Gasteiger partial charge in [-0.15, -0.1) is 0 Å². The molecule has 19 heavy (non-hydrogen) atoms. The molecule has 1 aliphatic rings. The molecular weight excluding hydrogens is 240 g/mol. The molecular formula is C15H22N2O2. The zero-order valence-corrected chi connectivity index (χ0v) is 12.0. The summed E-state index contributed by atoms with van der Waals surface area (Å²) in [7, 11) is 1.60. The Bertz CT molecular complexity index is 479. The zero-order chi connectivity index (χ0) is 14.0. The number of methoxy groups -OCH3 is 1. The van der Waals surface area contributed by atoms with E-state index in [-0.39, 0.29) is 11.6 Å². The second-order valence-electron chi connectivity index (χ2n) is 5.78. The second-order valence-corrected chi connectivity index (χ2v) is 5.78. The van der Waals surface area contributed by atoms with Gasteiger partial charge in [-0.25, -0.2) is 4.79 Å². The summed E-state index contributed by atoms with van der Waals surface area (Å²) in [4.78, 5) is 12.1. The molecule has 0 unspecified atom stereocenters. The van der Waals surface area contributed by atoms with Crippen LogP contribution in [0.15, 0.2) is 18.2 Å². The summed E-state index contributed by atoms with van der Waals surface area (Å²) in [5, 5.41) is 5.90. The van der Waals surface area contributed by atoms with E-state index in [0.29, 0.717) is 17.4 Å². The number of anilines is 1. The average Bonchev–Trinajstić information content (AvgIpc) is 3.12. The van der Waals surface area contributed by atoms with Crippen molar-refractivity contribution in [3.05, 3.63) is 23.8 Å². The fraction of sp³-hybridized carbons (Fsp3) is 0.533. The van der Waals surface area contributed by atoms with Crippen molar-refractivity contribution < 1.29 is 9.53 Å². The van der Waals surface area contributed by atoms with Gasteiger partial charge in [-0.05, 0) is 57.2 Å². The van der Waals surface area contributed by atoms with Gasteiger partial charge in [-0.3, -0.25) is 0 Å². The van der Waals surface area contributed by atoms with Gasteiger partial charge in [-0.2, -0.15) is 0 Å². The fourth-order valence-electron chi connectivity index (χ4n) is 2.27. The van der Waals surface area contributed by atoms with E-state index in [9.17, 15) is 4.79 Å². The first kappa shape index (κ1) is 13.7. The highest BCUT2D eigenvalue weighted by Crippen LogP contribution is 2.39. The summed E-state index contributed by atoms with van der Waals surface area (Å²) in [5.41, 5.74) is 1.63. The Labute approximate surface area is 114 Å². The maximum Gasteiger partial charge on any atom is 0.319 e. The minimum Gasteiger partial charge on any atom is -0.495 e. The molecule has 4 heteroatoms. The highest BCUT2D eigenvalue weighted by atomic mass is 16.5. The number of amides is 2. The van der Waals surface area contributed by atoms with Crippen LogP contribution in [0.3, 0.4) is 0 Å². The number of hydrogen-bond donors (Lipinski definition) is 2. The Morgan fingerprint density at radius 2 is 2.05 bits per heavy atom. The van der Waals surface area contributed by atoms with Crippen LogP contribution in [0.1, 0.15) is 32.3 Å². The number of nitrogens with one attached hydrogen (secondary N) is 2. The van der Waals surface area contributed by atoms with Gasteiger partial charge in [0.25, 0.3) is 0 Å². The summed E-state index contributed by atoms with van der Waals surface area (Å²) in [5.74, 6) is 1.27. The number of rotatable bonds is 4. The highest BCUT2D eigenvalue weighted by molar-refractivity contribution is 5.91. The number of ether oxygens (including phenoxy) is 1. The van der Waals surface area contributed by atoms with E-state index in [1.54, 1.807) is 7.11 Å². The smallest absolute Gasteiger partial charge is 0.319 e. The van der Waals surface area contributed by atoms with Crippen LogP contribution >= 0.6 is 0 Å². The topological polar surface area (TPSA) is 50.4 Å². The Morgan fingerprint density at radius 1 is 1.37 bits per heavy atom. The first-order valence-electron chi connectivity index (χ1n) is 6.66. The van der Waals surface area contributed by atoms with Gasteiger partial charge in [-0.1, -0.05) is 6.07 Å². The Kier molecular flexibility index (Phi) is 3.69. The number of carbonyl (C=O) groups is 1. The van der Waals surface area contributed by atoms with Gasteiger partial charge in [0.1, 0.15) is 5.75 Å². The molecule has 0 spiro atoms. The minimum absolute atomic E-state index is 0.152. The van der Waals surface area contributed by atoms with E-state index < -0.39 is 0 Å². The van der Waals surface area contributed by atoms with Crippen LogP contribution in [0.5, 0.6) is 5.75 Å². The molecule has 0 heterocycles. The summed E-state index contributed by atoms with van der Waals surface area (Å²) < 4.78 is 5.25. The molecule has 0 aliphatic heterocycles. The SMILES string of the molecule is COc1ccc(C)cc1NC(=O)NC(C)(C)C1CC1. The molecule has 1 aromatic carbocycles.